The molecule has 0 aliphatic carbocycles. The van der Waals surface area contributed by atoms with Crippen molar-refractivity contribution >= 4 is 28.4 Å². The third kappa shape index (κ3) is 1.34. The molecule has 72 valence electrons. The smallest absolute Gasteiger partial charge is 0.281 e. The average molecular weight is 210 g/mol. The number of hydrogen-bond donors (Lipinski definition) is 3. The van der Waals surface area contributed by atoms with Crippen molar-refractivity contribution in [2.45, 2.75) is 0 Å². The lowest BCUT2D eigenvalue weighted by Gasteiger charge is -1.92. The van der Waals surface area contributed by atoms with E-state index in [1.54, 1.807) is 12.1 Å². The van der Waals surface area contributed by atoms with E-state index < -0.39 is 0 Å². The van der Waals surface area contributed by atoms with E-state index in [1.807, 2.05) is 17.6 Å². The lowest BCUT2D eigenvalue weighted by molar-refractivity contribution is 0.0949. The number of nitrogen functional groups attached to an aromatic ring is 1. The Morgan fingerprint density at radius 3 is 2.93 bits per heavy atom. The Morgan fingerprint density at radius 1 is 1.50 bits per heavy atom. The first kappa shape index (κ1) is 9.05. The maximum Gasteiger partial charge on any atom is 0.281 e. The van der Waals surface area contributed by atoms with Crippen molar-refractivity contribution in [2.24, 2.45) is 5.84 Å². The fourth-order valence-electron chi connectivity index (χ4n) is 1.32. The standard InChI is InChI=1S/C9H8ClN3O/c10-6-2-1-3-7-5(6)4-8(12-7)9(14)13-11/h1-4,12H,11H2,(H,13,14). The quantitative estimate of drug-likeness (QED) is 0.378. The molecule has 4 N–H and O–H groups in total. The molecule has 4 nitrogen and oxygen atoms in total. The van der Waals surface area contributed by atoms with Gasteiger partial charge >= 0.3 is 0 Å². The second kappa shape index (κ2) is 3.32. The topological polar surface area (TPSA) is 70.9 Å². The van der Waals surface area contributed by atoms with Gasteiger partial charge in [0.25, 0.3) is 5.91 Å². The largest absolute Gasteiger partial charge is 0.350 e. The summed E-state index contributed by atoms with van der Waals surface area (Å²) in [4.78, 5) is 14.1. The second-order valence-corrected chi connectivity index (χ2v) is 3.26. The van der Waals surface area contributed by atoms with E-state index in [2.05, 4.69) is 4.98 Å². The van der Waals surface area contributed by atoms with Gasteiger partial charge in [0.15, 0.2) is 0 Å². The Labute approximate surface area is 85.0 Å². The predicted molar refractivity (Wildman–Crippen MR) is 55.0 cm³/mol. The molecule has 0 aliphatic rings. The summed E-state index contributed by atoms with van der Waals surface area (Å²) in [5, 5.41) is 1.42. The summed E-state index contributed by atoms with van der Waals surface area (Å²) in [5.74, 6) is 4.65. The van der Waals surface area contributed by atoms with Gasteiger partial charge in [-0.05, 0) is 18.2 Å². The summed E-state index contributed by atoms with van der Waals surface area (Å²) in [7, 11) is 0. The Kier molecular flexibility index (Phi) is 2.15. The van der Waals surface area contributed by atoms with E-state index in [-0.39, 0.29) is 5.91 Å². The van der Waals surface area contributed by atoms with E-state index in [9.17, 15) is 4.79 Å². The monoisotopic (exact) mass is 209 g/mol. The summed E-state index contributed by atoms with van der Waals surface area (Å²) in [6.07, 6.45) is 0. The molecule has 0 fully saturated rings. The minimum atomic E-state index is -0.364. The van der Waals surface area contributed by atoms with Gasteiger partial charge in [0.05, 0.1) is 0 Å². The van der Waals surface area contributed by atoms with Gasteiger partial charge in [0, 0.05) is 15.9 Å². The first-order chi connectivity index (χ1) is 6.72. The summed E-state index contributed by atoms with van der Waals surface area (Å²) in [6, 6.07) is 7.08. The number of carbonyl (C=O) groups is 1. The SMILES string of the molecule is NNC(=O)c1cc2c(Cl)cccc2[nH]1. The highest BCUT2D eigenvalue weighted by Gasteiger charge is 2.08. The molecule has 1 amide bonds. The van der Waals surface area contributed by atoms with Gasteiger partial charge in [0.1, 0.15) is 5.69 Å². The number of nitrogens with one attached hydrogen (secondary N) is 2. The minimum absolute atomic E-state index is 0.364. The number of amides is 1. The van der Waals surface area contributed by atoms with Crippen LogP contribution in [0.2, 0.25) is 5.02 Å². The van der Waals surface area contributed by atoms with Crippen LogP contribution in [0.5, 0.6) is 0 Å². The minimum Gasteiger partial charge on any atom is -0.350 e. The lowest BCUT2D eigenvalue weighted by Crippen LogP contribution is -2.30. The predicted octanol–water partition coefficient (Wildman–Crippen LogP) is 1.42. The molecule has 0 spiro atoms. The van der Waals surface area contributed by atoms with E-state index in [0.29, 0.717) is 10.7 Å². The van der Waals surface area contributed by atoms with E-state index >= 15 is 0 Å². The summed E-state index contributed by atoms with van der Waals surface area (Å²) in [5.41, 5.74) is 3.26. The zero-order valence-corrected chi connectivity index (χ0v) is 7.93. The van der Waals surface area contributed by atoms with Crippen molar-refractivity contribution in [3.8, 4) is 0 Å². The van der Waals surface area contributed by atoms with E-state index in [1.165, 1.54) is 0 Å². The molecule has 0 atom stereocenters. The maximum absolute atomic E-state index is 11.2. The summed E-state index contributed by atoms with van der Waals surface area (Å²) >= 11 is 5.94. The average Bonchev–Trinajstić information content (AvgIpc) is 2.62. The van der Waals surface area contributed by atoms with Gasteiger partial charge in [0.2, 0.25) is 0 Å². The highest BCUT2D eigenvalue weighted by molar-refractivity contribution is 6.35. The number of halogens is 1. The molecular formula is C9H8ClN3O. The van der Waals surface area contributed by atoms with Gasteiger partial charge in [-0.15, -0.1) is 0 Å². The Morgan fingerprint density at radius 2 is 2.29 bits per heavy atom. The molecule has 0 aliphatic heterocycles. The number of aromatic nitrogens is 1. The summed E-state index contributed by atoms with van der Waals surface area (Å²) in [6.45, 7) is 0. The van der Waals surface area contributed by atoms with Gasteiger partial charge in [-0.2, -0.15) is 0 Å². The van der Waals surface area contributed by atoms with Crippen LogP contribution in [0.1, 0.15) is 10.5 Å². The fraction of sp³-hybridized carbons (Fsp3) is 0. The molecule has 2 rings (SSSR count). The molecule has 0 bridgehead atoms. The van der Waals surface area contributed by atoms with Crippen molar-refractivity contribution < 1.29 is 4.79 Å². The number of fused-ring (bicyclic) bond motifs is 1. The number of benzene rings is 1. The third-order valence-corrected chi connectivity index (χ3v) is 2.32. The molecular weight excluding hydrogens is 202 g/mol. The Balaban J connectivity index is 2.62. The van der Waals surface area contributed by atoms with Crippen LogP contribution in [0.15, 0.2) is 24.3 Å². The molecule has 2 aromatic rings. The van der Waals surface area contributed by atoms with Crippen LogP contribution in [-0.4, -0.2) is 10.9 Å². The Bertz CT molecular complexity index is 492. The molecule has 14 heavy (non-hydrogen) atoms. The van der Waals surface area contributed by atoms with Crippen LogP contribution >= 0.6 is 11.6 Å². The first-order valence-corrected chi connectivity index (χ1v) is 4.38. The molecule has 1 heterocycles. The van der Waals surface area contributed by atoms with Crippen LogP contribution in [0.25, 0.3) is 10.9 Å². The second-order valence-electron chi connectivity index (χ2n) is 2.86. The molecule has 1 aromatic heterocycles. The highest BCUT2D eigenvalue weighted by Crippen LogP contribution is 2.23. The Hall–Kier alpha value is -1.52. The van der Waals surface area contributed by atoms with Crippen molar-refractivity contribution in [1.82, 2.24) is 10.4 Å². The highest BCUT2D eigenvalue weighted by atomic mass is 35.5. The normalized spacial score (nSPS) is 10.4. The van der Waals surface area contributed by atoms with E-state index in [4.69, 9.17) is 17.4 Å². The molecule has 1 aromatic carbocycles. The summed E-state index contributed by atoms with van der Waals surface area (Å²) < 4.78 is 0. The van der Waals surface area contributed by atoms with Gasteiger partial charge in [-0.3, -0.25) is 10.2 Å². The van der Waals surface area contributed by atoms with Crippen molar-refractivity contribution in [1.29, 1.82) is 0 Å². The van der Waals surface area contributed by atoms with Crippen molar-refractivity contribution in [3.05, 3.63) is 35.0 Å². The molecule has 0 saturated carbocycles. The van der Waals surface area contributed by atoms with Crippen molar-refractivity contribution in [3.63, 3.8) is 0 Å². The first-order valence-electron chi connectivity index (χ1n) is 4.00. The van der Waals surface area contributed by atoms with Crippen LogP contribution < -0.4 is 11.3 Å². The molecule has 0 saturated heterocycles. The van der Waals surface area contributed by atoms with Gasteiger partial charge in [-0.25, -0.2) is 5.84 Å². The van der Waals surface area contributed by atoms with Crippen LogP contribution in [0.3, 0.4) is 0 Å². The molecule has 0 unspecified atom stereocenters. The number of rotatable bonds is 1. The zero-order chi connectivity index (χ0) is 10.1. The van der Waals surface area contributed by atoms with E-state index in [0.717, 1.165) is 10.9 Å². The number of hydrazine groups is 1. The molecule has 5 heteroatoms. The van der Waals surface area contributed by atoms with Crippen molar-refractivity contribution in [2.75, 3.05) is 0 Å². The van der Waals surface area contributed by atoms with Gasteiger partial charge in [-0.1, -0.05) is 17.7 Å². The number of nitrogens with two attached hydrogens (primary N) is 1. The van der Waals surface area contributed by atoms with Gasteiger partial charge < -0.3 is 4.98 Å². The molecule has 0 radical (unpaired) electrons. The number of carbonyl (C=O) groups excluding carboxylic acids is 1. The van der Waals surface area contributed by atoms with Crippen LogP contribution in [0, 0.1) is 0 Å². The lowest BCUT2D eigenvalue weighted by atomic mass is 10.2. The fourth-order valence-corrected chi connectivity index (χ4v) is 1.55. The maximum atomic E-state index is 11.2. The van der Waals surface area contributed by atoms with Crippen LogP contribution in [0.4, 0.5) is 0 Å². The third-order valence-electron chi connectivity index (χ3n) is 1.99. The zero-order valence-electron chi connectivity index (χ0n) is 7.17. The number of H-pyrrole nitrogens is 1. The number of aromatic amines is 1. The van der Waals surface area contributed by atoms with Crippen LogP contribution in [-0.2, 0) is 0 Å². The number of hydrogen-bond acceptors (Lipinski definition) is 2.